The largest absolute Gasteiger partial charge is 0.370 e. The molecule has 1 rings (SSSR count). The van der Waals surface area contributed by atoms with Gasteiger partial charge in [-0.15, -0.1) is 0 Å². The van der Waals surface area contributed by atoms with Crippen molar-refractivity contribution < 1.29 is 0 Å². The third-order valence-electron chi connectivity index (χ3n) is 2.12. The molecular formula is C12H21N3. The summed E-state index contributed by atoms with van der Waals surface area (Å²) < 4.78 is 0. The molecule has 0 saturated heterocycles. The van der Waals surface area contributed by atoms with E-state index in [1.807, 2.05) is 0 Å². The Labute approximate surface area is 92.3 Å². The third-order valence-corrected chi connectivity index (χ3v) is 2.12. The second-order valence-corrected chi connectivity index (χ2v) is 4.14. The van der Waals surface area contributed by atoms with Gasteiger partial charge >= 0.3 is 0 Å². The molecule has 0 spiro atoms. The summed E-state index contributed by atoms with van der Waals surface area (Å²) in [4.78, 5) is 8.95. The molecule has 1 heterocycles. The summed E-state index contributed by atoms with van der Waals surface area (Å²) in [7, 11) is 0. The Bertz CT molecular complexity index is 308. The minimum atomic E-state index is 0.638. The van der Waals surface area contributed by atoms with Crippen molar-refractivity contribution in [3.05, 3.63) is 17.6 Å². The molecule has 0 bridgehead atoms. The third kappa shape index (κ3) is 3.86. The van der Waals surface area contributed by atoms with E-state index in [-0.39, 0.29) is 0 Å². The summed E-state index contributed by atoms with van der Waals surface area (Å²) in [6, 6.07) is 2.06. The van der Waals surface area contributed by atoms with Gasteiger partial charge in [0.25, 0.3) is 0 Å². The Kier molecular flexibility index (Phi) is 4.53. The van der Waals surface area contributed by atoms with E-state index in [0.717, 1.165) is 36.7 Å². The van der Waals surface area contributed by atoms with Crippen LogP contribution in [0.3, 0.4) is 0 Å². The van der Waals surface area contributed by atoms with E-state index in [9.17, 15) is 0 Å². The van der Waals surface area contributed by atoms with Crippen molar-refractivity contribution in [3.8, 4) is 0 Å². The molecule has 0 saturated carbocycles. The number of nitrogens with one attached hydrogen (secondary N) is 1. The summed E-state index contributed by atoms with van der Waals surface area (Å²) in [6.07, 6.45) is 1.91. The Morgan fingerprint density at radius 1 is 1.27 bits per heavy atom. The van der Waals surface area contributed by atoms with Gasteiger partial charge in [-0.3, -0.25) is 0 Å². The summed E-state index contributed by atoms with van der Waals surface area (Å²) in [6.45, 7) is 9.49. The van der Waals surface area contributed by atoms with Crippen molar-refractivity contribution in [3.63, 3.8) is 0 Å². The van der Waals surface area contributed by atoms with Crippen LogP contribution in [0.1, 0.15) is 39.2 Å². The summed E-state index contributed by atoms with van der Waals surface area (Å²) in [5, 5.41) is 3.24. The van der Waals surface area contributed by atoms with E-state index in [1.54, 1.807) is 0 Å². The molecule has 0 radical (unpaired) electrons. The van der Waals surface area contributed by atoms with Gasteiger partial charge < -0.3 is 5.32 Å². The Morgan fingerprint density at radius 2 is 2.00 bits per heavy atom. The van der Waals surface area contributed by atoms with Crippen molar-refractivity contribution in [1.82, 2.24) is 9.97 Å². The maximum Gasteiger partial charge on any atom is 0.130 e. The molecule has 3 heteroatoms. The maximum absolute atomic E-state index is 4.52. The zero-order valence-corrected chi connectivity index (χ0v) is 10.2. The fourth-order valence-corrected chi connectivity index (χ4v) is 1.50. The van der Waals surface area contributed by atoms with Gasteiger partial charge in [0.2, 0.25) is 0 Å². The average molecular weight is 207 g/mol. The second-order valence-electron chi connectivity index (χ2n) is 4.14. The van der Waals surface area contributed by atoms with E-state index in [4.69, 9.17) is 0 Å². The van der Waals surface area contributed by atoms with Crippen molar-refractivity contribution in [2.24, 2.45) is 5.92 Å². The SMILES string of the molecule is CCNc1cc(CC(C)C)nc(CC)n1. The molecule has 3 nitrogen and oxygen atoms in total. The second kappa shape index (κ2) is 5.69. The highest BCUT2D eigenvalue weighted by molar-refractivity contribution is 5.36. The molecule has 0 aliphatic heterocycles. The van der Waals surface area contributed by atoms with Crippen molar-refractivity contribution in [2.75, 3.05) is 11.9 Å². The highest BCUT2D eigenvalue weighted by Crippen LogP contribution is 2.11. The van der Waals surface area contributed by atoms with Crippen LogP contribution in [0.25, 0.3) is 0 Å². The van der Waals surface area contributed by atoms with Gasteiger partial charge in [-0.1, -0.05) is 20.8 Å². The van der Waals surface area contributed by atoms with Crippen LogP contribution in [0.2, 0.25) is 0 Å². The van der Waals surface area contributed by atoms with Gasteiger partial charge in [0.15, 0.2) is 0 Å². The van der Waals surface area contributed by atoms with Crippen LogP contribution >= 0.6 is 0 Å². The molecule has 0 amide bonds. The van der Waals surface area contributed by atoms with Crippen molar-refractivity contribution in [1.29, 1.82) is 0 Å². The molecular weight excluding hydrogens is 186 g/mol. The molecule has 15 heavy (non-hydrogen) atoms. The quantitative estimate of drug-likeness (QED) is 0.806. The highest BCUT2D eigenvalue weighted by Gasteiger charge is 2.04. The van der Waals surface area contributed by atoms with E-state index in [1.165, 1.54) is 0 Å². The zero-order chi connectivity index (χ0) is 11.3. The molecule has 0 aliphatic rings. The Morgan fingerprint density at radius 3 is 2.53 bits per heavy atom. The van der Waals surface area contributed by atoms with E-state index in [0.29, 0.717) is 5.92 Å². The number of hydrogen-bond donors (Lipinski definition) is 1. The fraction of sp³-hybridized carbons (Fsp3) is 0.667. The number of anilines is 1. The summed E-state index contributed by atoms with van der Waals surface area (Å²) in [5.41, 5.74) is 1.15. The lowest BCUT2D eigenvalue weighted by Gasteiger charge is -2.09. The molecule has 0 aliphatic carbocycles. The number of rotatable bonds is 5. The van der Waals surface area contributed by atoms with E-state index < -0.39 is 0 Å². The molecule has 0 atom stereocenters. The predicted molar refractivity (Wildman–Crippen MR) is 64.1 cm³/mol. The van der Waals surface area contributed by atoms with Crippen LogP contribution in [0.5, 0.6) is 0 Å². The molecule has 0 aromatic carbocycles. The fourth-order valence-electron chi connectivity index (χ4n) is 1.50. The topological polar surface area (TPSA) is 37.8 Å². The highest BCUT2D eigenvalue weighted by atomic mass is 15.0. The molecule has 0 unspecified atom stereocenters. The van der Waals surface area contributed by atoms with E-state index >= 15 is 0 Å². The first-order valence-corrected chi connectivity index (χ1v) is 5.76. The molecule has 0 fully saturated rings. The molecule has 1 N–H and O–H groups in total. The van der Waals surface area contributed by atoms with Gasteiger partial charge in [0.1, 0.15) is 11.6 Å². The first kappa shape index (κ1) is 12.0. The van der Waals surface area contributed by atoms with Gasteiger partial charge in [-0.2, -0.15) is 0 Å². The lowest BCUT2D eigenvalue weighted by Crippen LogP contribution is -2.07. The Hall–Kier alpha value is -1.12. The number of aromatic nitrogens is 2. The smallest absolute Gasteiger partial charge is 0.130 e. The van der Waals surface area contributed by atoms with Crippen LogP contribution in [0.4, 0.5) is 5.82 Å². The first-order chi connectivity index (χ1) is 7.15. The zero-order valence-electron chi connectivity index (χ0n) is 10.2. The predicted octanol–water partition coefficient (Wildman–Crippen LogP) is 2.67. The minimum absolute atomic E-state index is 0.638. The first-order valence-electron chi connectivity index (χ1n) is 5.76. The molecule has 1 aromatic heterocycles. The van der Waals surface area contributed by atoms with Crippen LogP contribution in [-0.4, -0.2) is 16.5 Å². The molecule has 84 valence electrons. The van der Waals surface area contributed by atoms with Gasteiger partial charge in [0.05, 0.1) is 0 Å². The van der Waals surface area contributed by atoms with Crippen LogP contribution in [-0.2, 0) is 12.8 Å². The average Bonchev–Trinajstić information content (AvgIpc) is 2.16. The summed E-state index contributed by atoms with van der Waals surface area (Å²) >= 11 is 0. The lowest BCUT2D eigenvalue weighted by atomic mass is 10.1. The van der Waals surface area contributed by atoms with Crippen molar-refractivity contribution in [2.45, 2.75) is 40.5 Å². The summed E-state index contributed by atoms with van der Waals surface area (Å²) in [5.74, 6) is 2.53. The Balaban J connectivity index is 2.89. The van der Waals surface area contributed by atoms with Gasteiger partial charge in [-0.05, 0) is 19.3 Å². The van der Waals surface area contributed by atoms with Crippen LogP contribution in [0.15, 0.2) is 6.07 Å². The lowest BCUT2D eigenvalue weighted by molar-refractivity contribution is 0.631. The monoisotopic (exact) mass is 207 g/mol. The standard InChI is InChI=1S/C12H21N3/c1-5-11-14-10(7-9(3)4)8-12(15-11)13-6-2/h8-9H,5-7H2,1-4H3,(H,13,14,15). The number of nitrogens with zero attached hydrogens (tertiary/aromatic N) is 2. The van der Waals surface area contributed by atoms with E-state index in [2.05, 4.69) is 49.0 Å². The van der Waals surface area contributed by atoms with Crippen LogP contribution in [0, 0.1) is 5.92 Å². The minimum Gasteiger partial charge on any atom is -0.370 e. The van der Waals surface area contributed by atoms with Gasteiger partial charge in [-0.25, -0.2) is 9.97 Å². The maximum atomic E-state index is 4.52. The van der Waals surface area contributed by atoms with Gasteiger partial charge in [0, 0.05) is 24.7 Å². The number of aryl methyl sites for hydroxylation is 1. The number of hydrogen-bond acceptors (Lipinski definition) is 3. The van der Waals surface area contributed by atoms with Crippen molar-refractivity contribution >= 4 is 5.82 Å². The van der Waals surface area contributed by atoms with Crippen LogP contribution < -0.4 is 5.32 Å². The molecule has 1 aromatic rings. The normalized spacial score (nSPS) is 10.7.